The second-order valence-electron chi connectivity index (χ2n) is 16.1. The van der Waals surface area contributed by atoms with E-state index in [-0.39, 0.29) is 70.0 Å². The molecule has 9 nitrogen and oxygen atoms in total. The van der Waals surface area contributed by atoms with Crippen molar-refractivity contribution in [2.45, 2.75) is 201 Å². The maximum absolute atomic E-state index is 13.0. The van der Waals surface area contributed by atoms with Crippen molar-refractivity contribution in [2.24, 2.45) is 5.41 Å². The molecule has 0 aliphatic rings. The third kappa shape index (κ3) is 35.7. The van der Waals surface area contributed by atoms with Crippen LogP contribution in [0.15, 0.2) is 24.3 Å². The summed E-state index contributed by atoms with van der Waals surface area (Å²) in [5.74, 6) is -1.50. The zero-order chi connectivity index (χ0) is 41.4. The van der Waals surface area contributed by atoms with Gasteiger partial charge in [-0.05, 0) is 84.8 Å². The van der Waals surface area contributed by atoms with Crippen molar-refractivity contribution in [2.75, 3.05) is 47.1 Å². The molecule has 326 valence electrons. The van der Waals surface area contributed by atoms with Crippen LogP contribution in [0.5, 0.6) is 0 Å². The maximum atomic E-state index is 13.0. The van der Waals surface area contributed by atoms with Crippen molar-refractivity contribution in [1.82, 2.24) is 4.90 Å². The van der Waals surface area contributed by atoms with Gasteiger partial charge in [-0.1, -0.05) is 135 Å². The number of rotatable bonds is 40. The summed E-state index contributed by atoms with van der Waals surface area (Å²) in [5.41, 5.74) is -1.21. The summed E-state index contributed by atoms with van der Waals surface area (Å²) in [6.45, 7) is 6.53. The topological polar surface area (TPSA) is 108 Å². The molecule has 0 amide bonds. The summed E-state index contributed by atoms with van der Waals surface area (Å²) >= 11 is 0. The van der Waals surface area contributed by atoms with Gasteiger partial charge in [-0.2, -0.15) is 0 Å². The molecule has 0 aliphatic heterocycles. The molecule has 0 heterocycles. The van der Waals surface area contributed by atoms with E-state index in [9.17, 15) is 19.2 Å². The van der Waals surface area contributed by atoms with Crippen LogP contribution in [0.4, 0.5) is 0 Å². The van der Waals surface area contributed by atoms with Crippen LogP contribution in [-0.2, 0) is 38.1 Å². The van der Waals surface area contributed by atoms with Gasteiger partial charge in [0.05, 0.1) is 0 Å². The molecule has 0 aliphatic carbocycles. The predicted octanol–water partition coefficient (Wildman–Crippen LogP) is 11.8. The maximum Gasteiger partial charge on any atom is 0.305 e. The van der Waals surface area contributed by atoms with E-state index in [1.54, 1.807) is 0 Å². The molecule has 0 saturated carbocycles. The van der Waals surface area contributed by atoms with Crippen molar-refractivity contribution in [3.63, 3.8) is 0 Å². The lowest BCUT2D eigenvalue weighted by Gasteiger charge is -2.31. The Morgan fingerprint density at radius 1 is 0.393 bits per heavy atom. The zero-order valence-corrected chi connectivity index (χ0v) is 36.9. The lowest BCUT2D eigenvalue weighted by atomic mass is 9.92. The molecule has 0 unspecified atom stereocenters. The number of hydrogen-bond acceptors (Lipinski definition) is 9. The Hall–Kier alpha value is -2.68. The fourth-order valence-corrected chi connectivity index (χ4v) is 6.12. The molecule has 0 aromatic carbocycles. The Morgan fingerprint density at radius 3 is 1.02 bits per heavy atom. The first-order chi connectivity index (χ1) is 27.2. The summed E-state index contributed by atoms with van der Waals surface area (Å²) in [7, 11) is 3.89. The Bertz CT molecular complexity index is 976. The Balaban J connectivity index is 5.34. The van der Waals surface area contributed by atoms with Crippen LogP contribution < -0.4 is 0 Å². The molecule has 0 radical (unpaired) electrons. The normalized spacial score (nSPS) is 11.8. The van der Waals surface area contributed by atoms with Gasteiger partial charge in [0.25, 0.3) is 0 Å². The van der Waals surface area contributed by atoms with E-state index in [0.29, 0.717) is 6.42 Å². The molecule has 0 atom stereocenters. The Kier molecular flexibility index (Phi) is 37.3. The molecular formula is C47H85NO8. The molecule has 0 spiro atoms. The molecular weight excluding hydrogens is 707 g/mol. The number of unbranched alkanes of at least 4 members (excludes halogenated alkanes) is 18. The van der Waals surface area contributed by atoms with Gasteiger partial charge in [0.1, 0.15) is 31.8 Å². The highest BCUT2D eigenvalue weighted by atomic mass is 16.6. The van der Waals surface area contributed by atoms with Gasteiger partial charge in [-0.25, -0.2) is 0 Å². The van der Waals surface area contributed by atoms with E-state index < -0.39 is 11.4 Å². The fraction of sp³-hybridized carbons (Fsp3) is 0.830. The van der Waals surface area contributed by atoms with Crippen LogP contribution in [0.1, 0.15) is 201 Å². The Morgan fingerprint density at radius 2 is 0.679 bits per heavy atom. The van der Waals surface area contributed by atoms with E-state index in [4.69, 9.17) is 18.9 Å². The minimum absolute atomic E-state index is 0.188. The second-order valence-corrected chi connectivity index (χ2v) is 16.1. The van der Waals surface area contributed by atoms with Crippen molar-refractivity contribution in [3.8, 4) is 0 Å². The highest BCUT2D eigenvalue weighted by Crippen LogP contribution is 2.24. The average Bonchev–Trinajstić information content (AvgIpc) is 3.18. The number of carbonyl (C=O) groups excluding carboxylic acids is 4. The monoisotopic (exact) mass is 792 g/mol. The summed E-state index contributed by atoms with van der Waals surface area (Å²) < 4.78 is 23.0. The van der Waals surface area contributed by atoms with Gasteiger partial charge in [0, 0.05) is 25.7 Å². The van der Waals surface area contributed by atoms with E-state index >= 15 is 0 Å². The average molecular weight is 792 g/mol. The first-order valence-corrected chi connectivity index (χ1v) is 22.7. The third-order valence-corrected chi connectivity index (χ3v) is 9.91. The number of ether oxygens (including phenoxy) is 4. The minimum atomic E-state index is -1.21. The van der Waals surface area contributed by atoms with Gasteiger partial charge in [0.15, 0.2) is 0 Å². The van der Waals surface area contributed by atoms with Gasteiger partial charge >= 0.3 is 23.9 Å². The first kappa shape index (κ1) is 53.3. The summed E-state index contributed by atoms with van der Waals surface area (Å²) in [4.78, 5) is 53.6. The number of hydrogen-bond donors (Lipinski definition) is 0. The van der Waals surface area contributed by atoms with Crippen LogP contribution >= 0.6 is 0 Å². The number of esters is 4. The second kappa shape index (κ2) is 39.2. The van der Waals surface area contributed by atoms with Crippen LogP contribution in [0.2, 0.25) is 0 Å². The number of carbonyl (C=O) groups is 4. The van der Waals surface area contributed by atoms with Crippen molar-refractivity contribution in [1.29, 1.82) is 0 Å². The molecule has 9 heteroatoms. The van der Waals surface area contributed by atoms with Crippen LogP contribution in [0, 0.1) is 5.41 Å². The summed E-state index contributed by atoms with van der Waals surface area (Å²) in [6.07, 6.45) is 35.1. The van der Waals surface area contributed by atoms with Gasteiger partial charge in [-0.15, -0.1) is 0 Å². The molecule has 0 N–H and O–H groups in total. The molecule has 0 rings (SSSR count). The number of allylic oxidation sites excluding steroid dienone is 4. The number of nitrogens with zero attached hydrogens (tertiary/aromatic N) is 1. The van der Waals surface area contributed by atoms with E-state index in [2.05, 4.69) is 45.1 Å². The van der Waals surface area contributed by atoms with Crippen molar-refractivity contribution >= 4 is 23.9 Å². The Labute approximate surface area is 343 Å². The van der Waals surface area contributed by atoms with Gasteiger partial charge in [0.2, 0.25) is 0 Å². The standard InChI is InChI=1S/C47H85NO8/c1-6-9-12-15-17-19-21-23-25-28-31-35-44(50)54-40-47(42-56-46(52)37-33-38-48(4)5,39-53-43(49)34-30-27-14-11-8-3)41-55-45(51)36-32-29-26-24-22-20-18-16-13-10-7-2/h15-18H,6-14,19-42H2,1-5H3/b17-15-,18-16-. The van der Waals surface area contributed by atoms with E-state index in [0.717, 1.165) is 129 Å². The highest BCUT2D eigenvalue weighted by molar-refractivity contribution is 5.71. The summed E-state index contributed by atoms with van der Waals surface area (Å²) in [5, 5.41) is 0. The largest absolute Gasteiger partial charge is 0.465 e. The molecule has 0 aromatic heterocycles. The smallest absolute Gasteiger partial charge is 0.305 e. The molecule has 0 bridgehead atoms. The van der Waals surface area contributed by atoms with Crippen LogP contribution in [0.25, 0.3) is 0 Å². The van der Waals surface area contributed by atoms with Crippen LogP contribution in [-0.4, -0.2) is 75.8 Å². The fourth-order valence-electron chi connectivity index (χ4n) is 6.12. The van der Waals surface area contributed by atoms with Crippen molar-refractivity contribution < 1.29 is 38.1 Å². The van der Waals surface area contributed by atoms with Crippen LogP contribution in [0.3, 0.4) is 0 Å². The quantitative estimate of drug-likeness (QED) is 0.0259. The first-order valence-electron chi connectivity index (χ1n) is 22.7. The van der Waals surface area contributed by atoms with Crippen molar-refractivity contribution in [3.05, 3.63) is 24.3 Å². The van der Waals surface area contributed by atoms with E-state index in [1.807, 2.05) is 19.0 Å². The van der Waals surface area contributed by atoms with Gasteiger partial charge in [-0.3, -0.25) is 19.2 Å². The zero-order valence-electron chi connectivity index (χ0n) is 36.9. The molecule has 0 fully saturated rings. The van der Waals surface area contributed by atoms with Gasteiger partial charge < -0.3 is 23.8 Å². The molecule has 0 saturated heterocycles. The molecule has 0 aromatic rings. The predicted molar refractivity (Wildman–Crippen MR) is 229 cm³/mol. The summed E-state index contributed by atoms with van der Waals surface area (Å²) in [6, 6.07) is 0. The highest BCUT2D eigenvalue weighted by Gasteiger charge is 2.38. The molecule has 56 heavy (non-hydrogen) atoms. The lowest BCUT2D eigenvalue weighted by molar-refractivity contribution is -0.170. The third-order valence-electron chi connectivity index (χ3n) is 9.91. The lowest BCUT2D eigenvalue weighted by Crippen LogP contribution is -2.44. The SMILES string of the molecule is CCCC/C=C\CCCCCCCC(=O)OCC(COC(=O)CCCCCCC)(COC(=O)CCCCCCC/C=C\CCCC)COC(=O)CCCN(C)C. The van der Waals surface area contributed by atoms with E-state index in [1.165, 1.54) is 25.7 Å². The minimum Gasteiger partial charge on any atom is -0.465 e.